The second kappa shape index (κ2) is 2.49. The third-order valence-electron chi connectivity index (χ3n) is 2.61. The first-order valence-corrected chi connectivity index (χ1v) is 4.75. The van der Waals surface area contributed by atoms with E-state index in [1.807, 2.05) is 6.92 Å². The van der Waals surface area contributed by atoms with Gasteiger partial charge in [0.2, 0.25) is 0 Å². The minimum absolute atomic E-state index is 0.112. The van der Waals surface area contributed by atoms with Gasteiger partial charge in [0, 0.05) is 10.7 Å². The summed E-state index contributed by atoms with van der Waals surface area (Å²) in [6, 6.07) is 0. The Bertz CT molecular complexity index is 133. The molecule has 1 aliphatic carbocycles. The van der Waals surface area contributed by atoms with Gasteiger partial charge in [0.05, 0.1) is 6.10 Å². The summed E-state index contributed by atoms with van der Waals surface area (Å²) >= 11 is 3.55. The molecule has 2 heteroatoms. The molecule has 0 unspecified atom stereocenters. The molecule has 1 N–H and O–H groups in total. The predicted molar refractivity (Wildman–Crippen MR) is 46.3 cm³/mol. The fourth-order valence-electron chi connectivity index (χ4n) is 1.56. The van der Waals surface area contributed by atoms with Crippen LogP contribution in [0.4, 0.5) is 0 Å². The van der Waals surface area contributed by atoms with Crippen molar-refractivity contribution in [3.05, 3.63) is 0 Å². The van der Waals surface area contributed by atoms with Crippen molar-refractivity contribution >= 4 is 15.9 Å². The molecule has 1 fully saturated rings. The molecule has 10 heavy (non-hydrogen) atoms. The van der Waals surface area contributed by atoms with Crippen LogP contribution in [0.1, 0.15) is 27.2 Å². The highest BCUT2D eigenvalue weighted by molar-refractivity contribution is 9.09. The van der Waals surface area contributed by atoms with E-state index in [-0.39, 0.29) is 6.10 Å². The molecule has 0 aromatic carbocycles. The molecule has 60 valence electrons. The van der Waals surface area contributed by atoms with Crippen LogP contribution in [0.15, 0.2) is 0 Å². The van der Waals surface area contributed by atoms with Crippen molar-refractivity contribution in [2.24, 2.45) is 11.3 Å². The molecule has 0 aromatic heterocycles. The van der Waals surface area contributed by atoms with Crippen LogP contribution in [0, 0.1) is 11.3 Å². The van der Waals surface area contributed by atoms with Gasteiger partial charge < -0.3 is 5.11 Å². The van der Waals surface area contributed by atoms with Crippen molar-refractivity contribution in [3.63, 3.8) is 0 Å². The van der Waals surface area contributed by atoms with E-state index in [4.69, 9.17) is 0 Å². The molecule has 1 saturated carbocycles. The van der Waals surface area contributed by atoms with Crippen LogP contribution in [0.5, 0.6) is 0 Å². The van der Waals surface area contributed by atoms with Crippen LogP contribution >= 0.6 is 15.9 Å². The van der Waals surface area contributed by atoms with E-state index < -0.39 is 0 Å². The third-order valence-corrected chi connectivity index (χ3v) is 4.36. The second-order valence-corrected chi connectivity index (χ2v) is 4.71. The Hall–Kier alpha value is 0.440. The van der Waals surface area contributed by atoms with Gasteiger partial charge in [-0.25, -0.2) is 0 Å². The van der Waals surface area contributed by atoms with Crippen LogP contribution in [0.25, 0.3) is 0 Å². The quantitative estimate of drug-likeness (QED) is 0.688. The monoisotopic (exact) mass is 206 g/mol. The average molecular weight is 207 g/mol. The van der Waals surface area contributed by atoms with Gasteiger partial charge in [-0.15, -0.1) is 0 Å². The van der Waals surface area contributed by atoms with Crippen molar-refractivity contribution in [1.29, 1.82) is 0 Å². The first-order chi connectivity index (χ1) is 4.51. The summed E-state index contributed by atoms with van der Waals surface area (Å²) in [4.78, 5) is 0.523. The van der Waals surface area contributed by atoms with Crippen molar-refractivity contribution in [2.75, 3.05) is 0 Å². The molecule has 0 aliphatic heterocycles. The highest BCUT2D eigenvalue weighted by atomic mass is 79.9. The lowest BCUT2D eigenvalue weighted by atomic mass is 10.0. The predicted octanol–water partition coefficient (Wildman–Crippen LogP) is 2.18. The maximum Gasteiger partial charge on any atom is 0.0582 e. The normalized spacial score (nSPS) is 39.3. The van der Waals surface area contributed by atoms with Crippen LogP contribution < -0.4 is 0 Å². The molecule has 0 heterocycles. The highest BCUT2D eigenvalue weighted by Gasteiger charge is 2.58. The zero-order valence-electron chi connectivity index (χ0n) is 6.76. The lowest BCUT2D eigenvalue weighted by Gasteiger charge is -2.07. The van der Waals surface area contributed by atoms with Crippen molar-refractivity contribution < 1.29 is 5.11 Å². The molecule has 0 spiro atoms. The van der Waals surface area contributed by atoms with Crippen molar-refractivity contribution in [2.45, 2.75) is 38.1 Å². The molecule has 0 radical (unpaired) electrons. The zero-order chi connectivity index (χ0) is 7.94. The second-order valence-electron chi connectivity index (χ2n) is 3.72. The van der Waals surface area contributed by atoms with Gasteiger partial charge in [0.1, 0.15) is 0 Å². The van der Waals surface area contributed by atoms with E-state index in [2.05, 4.69) is 29.8 Å². The van der Waals surface area contributed by atoms with E-state index in [0.717, 1.165) is 6.42 Å². The van der Waals surface area contributed by atoms with Gasteiger partial charge in [0.15, 0.2) is 0 Å². The first-order valence-electron chi connectivity index (χ1n) is 3.84. The maximum absolute atomic E-state index is 9.47. The SMILES string of the molecule is CC[C@H](O)[C@H]1[C@@H](Br)C1(C)C. The number of rotatable bonds is 2. The summed E-state index contributed by atoms with van der Waals surface area (Å²) in [5.41, 5.74) is 0.315. The van der Waals surface area contributed by atoms with Crippen LogP contribution in [0.2, 0.25) is 0 Å². The molecule has 1 nitrogen and oxygen atoms in total. The number of hydrogen-bond donors (Lipinski definition) is 1. The van der Waals surface area contributed by atoms with Gasteiger partial charge in [0.25, 0.3) is 0 Å². The topological polar surface area (TPSA) is 20.2 Å². The lowest BCUT2D eigenvalue weighted by molar-refractivity contribution is 0.133. The molecule has 3 atom stereocenters. The standard InChI is InChI=1S/C8H15BrO/c1-4-5(10)6-7(9)8(6,2)3/h5-7,10H,4H2,1-3H3/t5-,6-,7+/m0/s1. The molecular formula is C8H15BrO. The van der Waals surface area contributed by atoms with Crippen LogP contribution in [-0.2, 0) is 0 Å². The Morgan fingerprint density at radius 2 is 2.00 bits per heavy atom. The molecule has 0 aromatic rings. The maximum atomic E-state index is 9.47. The fraction of sp³-hybridized carbons (Fsp3) is 1.00. The van der Waals surface area contributed by atoms with E-state index in [0.29, 0.717) is 16.2 Å². The summed E-state index contributed by atoms with van der Waals surface area (Å²) in [6.07, 6.45) is 0.760. The number of alkyl halides is 1. The summed E-state index contributed by atoms with van der Waals surface area (Å²) in [6.45, 7) is 6.41. The van der Waals surface area contributed by atoms with Crippen molar-refractivity contribution in [3.8, 4) is 0 Å². The summed E-state index contributed by atoms with van der Waals surface area (Å²) in [7, 11) is 0. The largest absolute Gasteiger partial charge is 0.393 e. The molecule has 0 saturated heterocycles. The molecule has 0 bridgehead atoms. The summed E-state index contributed by atoms with van der Waals surface area (Å²) in [5.74, 6) is 0.470. The molecular weight excluding hydrogens is 192 g/mol. The Kier molecular flexibility index (Phi) is 2.12. The Balaban J connectivity index is 2.48. The van der Waals surface area contributed by atoms with E-state index >= 15 is 0 Å². The van der Waals surface area contributed by atoms with E-state index in [1.165, 1.54) is 0 Å². The number of aliphatic hydroxyl groups excluding tert-OH is 1. The van der Waals surface area contributed by atoms with Gasteiger partial charge in [-0.1, -0.05) is 36.7 Å². The minimum Gasteiger partial charge on any atom is -0.393 e. The fourth-order valence-corrected chi connectivity index (χ4v) is 2.74. The smallest absolute Gasteiger partial charge is 0.0582 e. The van der Waals surface area contributed by atoms with E-state index in [1.54, 1.807) is 0 Å². The zero-order valence-corrected chi connectivity index (χ0v) is 8.35. The Morgan fingerprint density at radius 1 is 1.60 bits per heavy atom. The van der Waals surface area contributed by atoms with Gasteiger partial charge >= 0.3 is 0 Å². The Morgan fingerprint density at radius 3 is 2.10 bits per heavy atom. The van der Waals surface area contributed by atoms with E-state index in [9.17, 15) is 5.11 Å². The van der Waals surface area contributed by atoms with Crippen LogP contribution in [-0.4, -0.2) is 16.0 Å². The molecule has 1 aliphatic rings. The summed E-state index contributed by atoms with van der Waals surface area (Å²) < 4.78 is 0. The average Bonchev–Trinajstić information content (AvgIpc) is 2.33. The lowest BCUT2D eigenvalue weighted by Crippen LogP contribution is -2.11. The minimum atomic E-state index is -0.112. The molecule has 1 rings (SSSR count). The number of halogens is 1. The van der Waals surface area contributed by atoms with Crippen LogP contribution in [0.3, 0.4) is 0 Å². The van der Waals surface area contributed by atoms with Crippen molar-refractivity contribution in [1.82, 2.24) is 0 Å². The molecule has 0 amide bonds. The summed E-state index contributed by atoms with van der Waals surface area (Å²) in [5, 5.41) is 9.47. The number of aliphatic hydroxyl groups is 1. The third kappa shape index (κ3) is 1.12. The number of hydrogen-bond acceptors (Lipinski definition) is 1. The van der Waals surface area contributed by atoms with Gasteiger partial charge in [-0.3, -0.25) is 0 Å². The Labute approximate surface area is 70.9 Å². The van der Waals surface area contributed by atoms with Gasteiger partial charge in [-0.2, -0.15) is 0 Å². The van der Waals surface area contributed by atoms with Gasteiger partial charge in [-0.05, 0) is 11.8 Å². The highest BCUT2D eigenvalue weighted by Crippen LogP contribution is 2.58. The first kappa shape index (κ1) is 8.54.